The highest BCUT2D eigenvalue weighted by atomic mass is 32.1. The summed E-state index contributed by atoms with van der Waals surface area (Å²) in [6.45, 7) is 2.59. The van der Waals surface area contributed by atoms with E-state index in [-0.39, 0.29) is 22.8 Å². The molecule has 1 atom stereocenters. The lowest BCUT2D eigenvalue weighted by atomic mass is 10.0. The third-order valence-electron chi connectivity index (χ3n) is 5.83. The molecule has 196 valence electrons. The number of ether oxygens (including phenoxy) is 1. The van der Waals surface area contributed by atoms with E-state index in [4.69, 9.17) is 16.2 Å². The van der Waals surface area contributed by atoms with E-state index in [1.165, 1.54) is 12.0 Å². The van der Waals surface area contributed by atoms with Gasteiger partial charge in [-0.2, -0.15) is 4.37 Å². The van der Waals surface area contributed by atoms with Gasteiger partial charge in [0.2, 0.25) is 5.91 Å². The predicted molar refractivity (Wildman–Crippen MR) is 146 cm³/mol. The first-order chi connectivity index (χ1) is 17.7. The van der Waals surface area contributed by atoms with Gasteiger partial charge < -0.3 is 26.4 Å². The van der Waals surface area contributed by atoms with Crippen molar-refractivity contribution in [2.75, 3.05) is 49.9 Å². The van der Waals surface area contributed by atoms with Gasteiger partial charge in [0.05, 0.1) is 12.3 Å². The van der Waals surface area contributed by atoms with Gasteiger partial charge in [0.1, 0.15) is 10.9 Å². The molecule has 0 fully saturated rings. The Morgan fingerprint density at radius 3 is 2.19 bits per heavy atom. The molecule has 0 unspecified atom stereocenters. The Kier molecular flexibility index (Phi) is 9.20. The molecule has 0 aliphatic rings. The fraction of sp³-hybridized carbons (Fsp3) is 0.308. The number of carbonyl (C=O) groups excluding carboxylic acids is 3. The predicted octanol–water partition coefficient (Wildman–Crippen LogP) is 2.60. The summed E-state index contributed by atoms with van der Waals surface area (Å²) in [5.41, 5.74) is 14.3. The number of rotatable bonds is 11. The summed E-state index contributed by atoms with van der Waals surface area (Å²) in [4.78, 5) is 42.7. The number of carbonyl (C=O) groups is 3. The van der Waals surface area contributed by atoms with Crippen molar-refractivity contribution in [3.63, 3.8) is 0 Å². The van der Waals surface area contributed by atoms with Crippen molar-refractivity contribution in [2.24, 2.45) is 5.73 Å². The van der Waals surface area contributed by atoms with Crippen molar-refractivity contribution in [1.29, 1.82) is 0 Å². The lowest BCUT2D eigenvalue weighted by molar-refractivity contribution is -0.122. The zero-order chi connectivity index (χ0) is 27.1. The second kappa shape index (κ2) is 12.3. The highest BCUT2D eigenvalue weighted by molar-refractivity contribution is 7.09. The van der Waals surface area contributed by atoms with E-state index in [2.05, 4.69) is 9.69 Å². The topological polar surface area (TPSA) is 144 Å². The minimum Gasteiger partial charge on any atom is -0.395 e. The van der Waals surface area contributed by atoms with Crippen LogP contribution in [-0.4, -0.2) is 56.5 Å². The monoisotopic (exact) mass is 524 g/mol. The Morgan fingerprint density at radius 1 is 1.05 bits per heavy atom. The second-order valence-electron chi connectivity index (χ2n) is 8.51. The zero-order valence-corrected chi connectivity index (χ0v) is 22.2. The van der Waals surface area contributed by atoms with Crippen LogP contribution in [0.5, 0.6) is 0 Å². The fourth-order valence-corrected chi connectivity index (χ4v) is 4.50. The number of amides is 3. The number of benzene rings is 2. The molecule has 3 aromatic rings. The number of nitrogens with two attached hydrogens (primary N) is 2. The van der Waals surface area contributed by atoms with Crippen LogP contribution in [0.2, 0.25) is 0 Å². The third kappa shape index (κ3) is 6.25. The molecule has 37 heavy (non-hydrogen) atoms. The Morgan fingerprint density at radius 2 is 1.68 bits per heavy atom. The smallest absolute Gasteiger partial charge is 0.273 e. The van der Waals surface area contributed by atoms with Crippen molar-refractivity contribution >= 4 is 46.3 Å². The molecule has 0 aliphatic carbocycles. The third-order valence-corrected chi connectivity index (χ3v) is 6.69. The molecule has 0 bridgehead atoms. The first-order valence-corrected chi connectivity index (χ1v) is 12.5. The van der Waals surface area contributed by atoms with Crippen molar-refractivity contribution in [2.45, 2.75) is 19.4 Å². The molecule has 0 aliphatic heterocycles. The lowest BCUT2D eigenvalue weighted by Gasteiger charge is -2.31. The van der Waals surface area contributed by atoms with E-state index in [1.54, 1.807) is 12.1 Å². The minimum absolute atomic E-state index is 0.0213. The molecule has 2 aromatic carbocycles. The van der Waals surface area contributed by atoms with Crippen LogP contribution in [0, 0.1) is 0 Å². The maximum atomic E-state index is 14.0. The molecule has 0 radical (unpaired) electrons. The zero-order valence-electron chi connectivity index (χ0n) is 21.4. The Balaban J connectivity index is 2.18. The number of anilines is 3. The lowest BCUT2D eigenvalue weighted by Crippen LogP contribution is -2.44. The van der Waals surface area contributed by atoms with Gasteiger partial charge in [-0.3, -0.25) is 19.3 Å². The molecule has 5 N–H and O–H groups in total. The summed E-state index contributed by atoms with van der Waals surface area (Å²) in [6.07, 6.45) is 0.810. The number of aromatic nitrogens is 1. The molecule has 3 rings (SSSR count). The van der Waals surface area contributed by atoms with Crippen molar-refractivity contribution < 1.29 is 19.1 Å². The maximum Gasteiger partial charge on any atom is 0.273 e. The first kappa shape index (κ1) is 27.6. The van der Waals surface area contributed by atoms with Crippen LogP contribution in [0.25, 0.3) is 0 Å². The molecule has 1 heterocycles. The number of primary amides is 1. The van der Waals surface area contributed by atoms with Crippen LogP contribution in [0.3, 0.4) is 0 Å². The van der Waals surface area contributed by atoms with Gasteiger partial charge in [-0.1, -0.05) is 31.2 Å². The molecule has 3 amide bonds. The standard InChI is InChI=1S/C26H32N6O4S/c1-5-16-6-10-19(11-7-16)32(26(35)23-20(27)21(24(28)33)30-37-23)22(25(34)29-14-15-36-4)17-8-12-18(13-9-17)31(2)3/h6-13,22H,5,14-15,27H2,1-4H3,(H2,28,33)(H,29,34)/t22-/m1/s1. The average Bonchev–Trinajstić information content (AvgIpc) is 3.28. The van der Waals surface area contributed by atoms with Crippen LogP contribution < -0.4 is 26.6 Å². The number of aryl methyl sites for hydroxylation is 1. The van der Waals surface area contributed by atoms with Crippen molar-refractivity contribution in [1.82, 2.24) is 9.69 Å². The van der Waals surface area contributed by atoms with E-state index in [0.717, 1.165) is 29.2 Å². The quantitative estimate of drug-likeness (QED) is 0.327. The van der Waals surface area contributed by atoms with Crippen LogP contribution >= 0.6 is 11.5 Å². The molecule has 1 aromatic heterocycles. The highest BCUT2D eigenvalue weighted by Gasteiger charge is 2.36. The van der Waals surface area contributed by atoms with Gasteiger partial charge in [-0.15, -0.1) is 0 Å². The van der Waals surface area contributed by atoms with Crippen LogP contribution in [0.1, 0.15) is 44.3 Å². The van der Waals surface area contributed by atoms with Crippen LogP contribution in [-0.2, 0) is 16.0 Å². The van der Waals surface area contributed by atoms with E-state index in [1.807, 2.05) is 62.3 Å². The summed E-state index contributed by atoms with van der Waals surface area (Å²) in [7, 11) is 5.37. The Labute approximate surface area is 220 Å². The number of nitrogen functional groups attached to an aromatic ring is 1. The summed E-state index contributed by atoms with van der Waals surface area (Å²) in [5, 5.41) is 2.85. The summed E-state index contributed by atoms with van der Waals surface area (Å²) < 4.78 is 9.06. The summed E-state index contributed by atoms with van der Waals surface area (Å²) in [6, 6.07) is 13.7. The maximum absolute atomic E-state index is 14.0. The van der Waals surface area contributed by atoms with E-state index < -0.39 is 23.8 Å². The highest BCUT2D eigenvalue weighted by Crippen LogP contribution is 2.34. The average molecular weight is 525 g/mol. The molecule has 10 nitrogen and oxygen atoms in total. The van der Waals surface area contributed by atoms with Crippen LogP contribution in [0.15, 0.2) is 48.5 Å². The first-order valence-electron chi connectivity index (χ1n) is 11.7. The SMILES string of the molecule is CCc1ccc(N(C(=O)c2snc(C(N)=O)c2N)[C@@H](C(=O)NCCOC)c2ccc(N(C)C)cc2)cc1. The summed E-state index contributed by atoms with van der Waals surface area (Å²) >= 11 is 0.770. The van der Waals surface area contributed by atoms with E-state index in [0.29, 0.717) is 17.9 Å². The van der Waals surface area contributed by atoms with Gasteiger partial charge in [0, 0.05) is 39.1 Å². The van der Waals surface area contributed by atoms with Gasteiger partial charge in [-0.05, 0) is 53.3 Å². The summed E-state index contributed by atoms with van der Waals surface area (Å²) in [5.74, 6) is -1.81. The fourth-order valence-electron chi connectivity index (χ4n) is 3.76. The second-order valence-corrected chi connectivity index (χ2v) is 9.28. The normalized spacial score (nSPS) is 11.6. The minimum atomic E-state index is -1.05. The number of nitrogens with zero attached hydrogens (tertiary/aromatic N) is 3. The van der Waals surface area contributed by atoms with Gasteiger partial charge in [-0.25, -0.2) is 0 Å². The number of methoxy groups -OCH3 is 1. The Hall–Kier alpha value is -3.96. The van der Waals surface area contributed by atoms with Gasteiger partial charge >= 0.3 is 0 Å². The van der Waals surface area contributed by atoms with Crippen molar-refractivity contribution in [3.05, 3.63) is 70.2 Å². The molecular weight excluding hydrogens is 492 g/mol. The molecular formula is C26H32N6O4S. The molecule has 0 saturated heterocycles. The van der Waals surface area contributed by atoms with E-state index >= 15 is 0 Å². The molecule has 0 saturated carbocycles. The largest absolute Gasteiger partial charge is 0.395 e. The number of hydrogen-bond donors (Lipinski definition) is 3. The molecule has 11 heteroatoms. The number of hydrogen-bond acceptors (Lipinski definition) is 8. The van der Waals surface area contributed by atoms with E-state index in [9.17, 15) is 14.4 Å². The van der Waals surface area contributed by atoms with Gasteiger partial charge in [0.15, 0.2) is 5.69 Å². The van der Waals surface area contributed by atoms with Crippen LogP contribution in [0.4, 0.5) is 17.1 Å². The Bertz CT molecular complexity index is 1240. The van der Waals surface area contributed by atoms with Crippen molar-refractivity contribution in [3.8, 4) is 0 Å². The molecule has 0 spiro atoms. The van der Waals surface area contributed by atoms with Gasteiger partial charge in [0.25, 0.3) is 11.8 Å². The number of nitrogens with one attached hydrogen (secondary N) is 1.